The molecule has 0 spiro atoms. The zero-order chi connectivity index (χ0) is 20.4. The highest BCUT2D eigenvalue weighted by atomic mass is 16.3. The molecule has 1 aliphatic rings. The number of carbonyl (C=O) groups excluding carboxylic acids is 2. The quantitative estimate of drug-likeness (QED) is 0.718. The lowest BCUT2D eigenvalue weighted by atomic mass is 10.1. The van der Waals surface area contributed by atoms with Crippen LogP contribution in [0.1, 0.15) is 46.3 Å². The third kappa shape index (κ3) is 3.91. The third-order valence-corrected chi connectivity index (χ3v) is 5.13. The summed E-state index contributed by atoms with van der Waals surface area (Å²) in [7, 11) is 0. The van der Waals surface area contributed by atoms with E-state index < -0.39 is 0 Å². The molecule has 1 atom stereocenters. The number of rotatable bonds is 5. The van der Waals surface area contributed by atoms with Crippen LogP contribution in [0.25, 0.3) is 0 Å². The molecule has 0 aliphatic carbocycles. The molecule has 0 saturated heterocycles. The predicted molar refractivity (Wildman–Crippen MR) is 105 cm³/mol. The van der Waals surface area contributed by atoms with Gasteiger partial charge < -0.3 is 19.2 Å². The molecule has 0 aromatic carbocycles. The summed E-state index contributed by atoms with van der Waals surface area (Å²) in [5.74, 6) is 0.897. The van der Waals surface area contributed by atoms with Crippen molar-refractivity contribution in [3.05, 3.63) is 71.5 Å². The van der Waals surface area contributed by atoms with Crippen LogP contribution in [0.5, 0.6) is 0 Å². The predicted octanol–water partition coefficient (Wildman–Crippen LogP) is 2.26. The number of furan rings is 1. The molecule has 3 aromatic heterocycles. The van der Waals surface area contributed by atoms with Gasteiger partial charge >= 0.3 is 0 Å². The second kappa shape index (κ2) is 7.90. The molecule has 2 amide bonds. The summed E-state index contributed by atoms with van der Waals surface area (Å²) in [6.07, 6.45) is 5.31. The Balaban J connectivity index is 1.41. The average molecular weight is 393 g/mol. The van der Waals surface area contributed by atoms with Gasteiger partial charge in [-0.2, -0.15) is 0 Å². The van der Waals surface area contributed by atoms with Gasteiger partial charge in [0.05, 0.1) is 36.7 Å². The molecule has 0 radical (unpaired) electrons. The van der Waals surface area contributed by atoms with Crippen molar-refractivity contribution in [1.29, 1.82) is 0 Å². The molecule has 0 bridgehead atoms. The summed E-state index contributed by atoms with van der Waals surface area (Å²) in [4.78, 5) is 35.7. The maximum absolute atomic E-state index is 12.8. The fourth-order valence-electron chi connectivity index (χ4n) is 3.55. The van der Waals surface area contributed by atoms with Crippen molar-refractivity contribution in [3.63, 3.8) is 0 Å². The maximum Gasteiger partial charge on any atom is 0.290 e. The molecular weight excluding hydrogens is 370 g/mol. The Hall–Kier alpha value is -3.42. The minimum atomic E-state index is -0.203. The van der Waals surface area contributed by atoms with Gasteiger partial charge in [-0.25, -0.2) is 4.98 Å². The van der Waals surface area contributed by atoms with Gasteiger partial charge in [0.25, 0.3) is 5.91 Å². The third-order valence-electron chi connectivity index (χ3n) is 5.13. The second-order valence-corrected chi connectivity index (χ2v) is 7.17. The topological polar surface area (TPSA) is 93.3 Å². The number of hydrogen-bond donors (Lipinski definition) is 1. The normalized spacial score (nSPS) is 15.8. The summed E-state index contributed by atoms with van der Waals surface area (Å²) < 4.78 is 7.38. The Kier molecular flexibility index (Phi) is 5.16. The van der Waals surface area contributed by atoms with Crippen molar-refractivity contribution in [1.82, 2.24) is 24.8 Å². The number of pyridine rings is 1. The van der Waals surface area contributed by atoms with Gasteiger partial charge in [-0.3, -0.25) is 14.6 Å². The molecule has 0 unspecified atom stereocenters. The minimum Gasteiger partial charge on any atom is -0.459 e. The Bertz CT molecular complexity index is 1020. The van der Waals surface area contributed by atoms with Crippen LogP contribution in [-0.4, -0.2) is 37.8 Å². The number of fused-ring (bicyclic) bond motifs is 1. The number of amides is 2. The van der Waals surface area contributed by atoms with E-state index in [-0.39, 0.29) is 24.3 Å². The first-order chi connectivity index (χ1) is 14.0. The van der Waals surface area contributed by atoms with E-state index in [1.807, 2.05) is 42.8 Å². The van der Waals surface area contributed by atoms with Gasteiger partial charge in [-0.05, 0) is 32.0 Å². The van der Waals surface area contributed by atoms with E-state index in [0.29, 0.717) is 31.1 Å². The number of nitrogens with one attached hydrogen (secondary N) is 1. The lowest BCUT2D eigenvalue weighted by Gasteiger charge is -2.33. The standard InChI is InChI=1S/C21H23N5O3/c1-14-6-10-29-19(14)21(28)26-9-8-25-13-17(24-20(25)15(26)2)11-18(27)23-12-16-5-3-4-7-22-16/h3-7,10,13,15H,8-9,11-12H2,1-2H3,(H,23,27)/t15-/m1/s1. The molecule has 8 nitrogen and oxygen atoms in total. The summed E-state index contributed by atoms with van der Waals surface area (Å²) >= 11 is 0. The fraction of sp³-hybridized carbons (Fsp3) is 0.333. The molecule has 29 heavy (non-hydrogen) atoms. The van der Waals surface area contributed by atoms with Crippen molar-refractivity contribution in [2.45, 2.75) is 39.4 Å². The van der Waals surface area contributed by atoms with Crippen LogP contribution in [0, 0.1) is 6.92 Å². The largest absolute Gasteiger partial charge is 0.459 e. The highest BCUT2D eigenvalue weighted by Gasteiger charge is 2.32. The summed E-state index contributed by atoms with van der Waals surface area (Å²) in [6.45, 7) is 5.38. The number of carbonyl (C=O) groups is 2. The van der Waals surface area contributed by atoms with Crippen LogP contribution in [0.2, 0.25) is 0 Å². The van der Waals surface area contributed by atoms with E-state index in [9.17, 15) is 9.59 Å². The monoisotopic (exact) mass is 393 g/mol. The minimum absolute atomic E-state index is 0.113. The Morgan fingerprint density at radius 1 is 1.24 bits per heavy atom. The average Bonchev–Trinajstić information content (AvgIpc) is 3.33. The number of aryl methyl sites for hydroxylation is 1. The van der Waals surface area contributed by atoms with Crippen LogP contribution in [0.15, 0.2) is 47.3 Å². The first-order valence-electron chi connectivity index (χ1n) is 9.60. The van der Waals surface area contributed by atoms with E-state index in [1.165, 1.54) is 6.26 Å². The Labute approximate surface area is 168 Å². The zero-order valence-corrected chi connectivity index (χ0v) is 16.5. The Morgan fingerprint density at radius 2 is 2.10 bits per heavy atom. The van der Waals surface area contributed by atoms with Gasteiger partial charge in [0.1, 0.15) is 5.82 Å². The van der Waals surface area contributed by atoms with Gasteiger partial charge in [-0.1, -0.05) is 6.07 Å². The summed E-state index contributed by atoms with van der Waals surface area (Å²) in [6, 6.07) is 7.17. The molecule has 1 N–H and O–H groups in total. The van der Waals surface area contributed by atoms with Crippen LogP contribution in [-0.2, 0) is 24.3 Å². The highest BCUT2D eigenvalue weighted by molar-refractivity contribution is 5.93. The van der Waals surface area contributed by atoms with Crippen molar-refractivity contribution < 1.29 is 14.0 Å². The Morgan fingerprint density at radius 3 is 2.83 bits per heavy atom. The molecule has 3 aromatic rings. The van der Waals surface area contributed by atoms with Crippen LogP contribution < -0.4 is 5.32 Å². The first kappa shape index (κ1) is 18.9. The summed E-state index contributed by atoms with van der Waals surface area (Å²) in [5.41, 5.74) is 2.32. The van der Waals surface area contributed by atoms with Crippen LogP contribution in [0.3, 0.4) is 0 Å². The highest BCUT2D eigenvalue weighted by Crippen LogP contribution is 2.27. The van der Waals surface area contributed by atoms with Gasteiger partial charge in [0.2, 0.25) is 5.91 Å². The van der Waals surface area contributed by atoms with Gasteiger partial charge in [0, 0.05) is 31.0 Å². The molecule has 0 saturated carbocycles. The van der Waals surface area contributed by atoms with Crippen molar-refractivity contribution in [2.75, 3.05) is 6.54 Å². The molecule has 4 heterocycles. The van der Waals surface area contributed by atoms with Crippen molar-refractivity contribution in [2.24, 2.45) is 0 Å². The lowest BCUT2D eigenvalue weighted by molar-refractivity contribution is -0.120. The molecule has 8 heteroatoms. The number of aromatic nitrogens is 3. The van der Waals surface area contributed by atoms with E-state index in [4.69, 9.17) is 4.42 Å². The van der Waals surface area contributed by atoms with Gasteiger partial charge in [-0.15, -0.1) is 0 Å². The van der Waals surface area contributed by atoms with E-state index in [2.05, 4.69) is 15.3 Å². The van der Waals surface area contributed by atoms with Gasteiger partial charge in [0.15, 0.2) is 5.76 Å². The number of nitrogens with zero attached hydrogens (tertiary/aromatic N) is 4. The van der Waals surface area contributed by atoms with E-state index >= 15 is 0 Å². The second-order valence-electron chi connectivity index (χ2n) is 7.17. The first-order valence-corrected chi connectivity index (χ1v) is 9.60. The van der Waals surface area contributed by atoms with Crippen molar-refractivity contribution >= 4 is 11.8 Å². The fourth-order valence-corrected chi connectivity index (χ4v) is 3.55. The molecule has 0 fully saturated rings. The van der Waals surface area contributed by atoms with E-state index in [1.54, 1.807) is 17.2 Å². The number of imidazole rings is 1. The molecule has 1 aliphatic heterocycles. The smallest absolute Gasteiger partial charge is 0.290 e. The lowest BCUT2D eigenvalue weighted by Crippen LogP contribution is -2.41. The van der Waals surface area contributed by atoms with Crippen molar-refractivity contribution in [3.8, 4) is 0 Å². The van der Waals surface area contributed by atoms with Crippen LogP contribution >= 0.6 is 0 Å². The molecule has 150 valence electrons. The molecule has 4 rings (SSSR count). The van der Waals surface area contributed by atoms with E-state index in [0.717, 1.165) is 17.1 Å². The number of hydrogen-bond acceptors (Lipinski definition) is 5. The molecular formula is C21H23N5O3. The maximum atomic E-state index is 12.8. The summed E-state index contributed by atoms with van der Waals surface area (Å²) in [5, 5.41) is 2.86. The van der Waals surface area contributed by atoms with Crippen LogP contribution in [0.4, 0.5) is 0 Å². The zero-order valence-electron chi connectivity index (χ0n) is 16.5. The SMILES string of the molecule is Cc1ccoc1C(=O)N1CCn2cc(CC(=O)NCc3ccccn3)nc2[C@H]1C.